The van der Waals surface area contributed by atoms with Gasteiger partial charge in [-0.3, -0.25) is 10.1 Å². The maximum atomic E-state index is 12.6. The normalized spacial score (nSPS) is 10.4. The van der Waals surface area contributed by atoms with E-state index in [-0.39, 0.29) is 29.7 Å². The Hall–Kier alpha value is -1.85. The molecule has 0 unspecified atom stereocenters. The Morgan fingerprint density at radius 2 is 2.12 bits per heavy atom. The molecule has 0 spiro atoms. The summed E-state index contributed by atoms with van der Waals surface area (Å²) in [6.45, 7) is 0. The second-order valence-electron chi connectivity index (χ2n) is 3.15. The van der Waals surface area contributed by atoms with Crippen LogP contribution in [0.25, 0.3) is 0 Å². The van der Waals surface area contributed by atoms with Crippen LogP contribution >= 0.6 is 0 Å². The SMILES string of the molecule is O=CCCc1ccc([N+](=O)[O-])cc1C(F)F. The molecule has 0 aliphatic carbocycles. The number of hydrogen-bond acceptors (Lipinski definition) is 3. The summed E-state index contributed by atoms with van der Waals surface area (Å²) in [5.41, 5.74) is -0.478. The Balaban J connectivity index is 3.08. The van der Waals surface area contributed by atoms with Crippen LogP contribution in [0.5, 0.6) is 0 Å². The highest BCUT2D eigenvalue weighted by Gasteiger charge is 2.17. The number of nitro groups is 1. The first kappa shape index (κ1) is 12.2. The molecule has 0 N–H and O–H groups in total. The molecule has 1 rings (SSSR count). The van der Waals surface area contributed by atoms with Gasteiger partial charge in [-0.2, -0.15) is 0 Å². The van der Waals surface area contributed by atoms with Gasteiger partial charge in [-0.1, -0.05) is 6.07 Å². The topological polar surface area (TPSA) is 60.2 Å². The van der Waals surface area contributed by atoms with Gasteiger partial charge in [0.2, 0.25) is 0 Å². The number of alkyl halides is 2. The first-order chi connectivity index (χ1) is 7.56. The van der Waals surface area contributed by atoms with Gasteiger partial charge in [0.05, 0.1) is 4.92 Å². The molecule has 0 aliphatic rings. The Morgan fingerprint density at radius 3 is 2.62 bits per heavy atom. The van der Waals surface area contributed by atoms with Crippen LogP contribution in [0.2, 0.25) is 0 Å². The maximum Gasteiger partial charge on any atom is 0.269 e. The van der Waals surface area contributed by atoms with E-state index in [4.69, 9.17) is 0 Å². The van der Waals surface area contributed by atoms with E-state index >= 15 is 0 Å². The predicted octanol–water partition coefficient (Wildman–Crippen LogP) is 2.66. The zero-order valence-corrected chi connectivity index (χ0v) is 8.23. The van der Waals surface area contributed by atoms with E-state index in [1.807, 2.05) is 0 Å². The second-order valence-corrected chi connectivity index (χ2v) is 3.15. The molecule has 0 radical (unpaired) electrons. The zero-order chi connectivity index (χ0) is 12.1. The van der Waals surface area contributed by atoms with Crippen LogP contribution in [-0.4, -0.2) is 11.2 Å². The maximum absolute atomic E-state index is 12.6. The highest BCUT2D eigenvalue weighted by molar-refractivity contribution is 5.51. The third-order valence-corrected chi connectivity index (χ3v) is 2.11. The molecule has 0 heterocycles. The van der Waals surface area contributed by atoms with Crippen molar-refractivity contribution in [3.63, 3.8) is 0 Å². The Morgan fingerprint density at radius 1 is 1.44 bits per heavy atom. The quantitative estimate of drug-likeness (QED) is 0.443. The molecular weight excluding hydrogens is 220 g/mol. The average Bonchev–Trinajstić information content (AvgIpc) is 2.25. The minimum atomic E-state index is -2.78. The summed E-state index contributed by atoms with van der Waals surface area (Å²) in [5, 5.41) is 10.4. The lowest BCUT2D eigenvalue weighted by molar-refractivity contribution is -0.385. The Bertz CT molecular complexity index is 407. The van der Waals surface area contributed by atoms with Crippen molar-refractivity contribution in [1.82, 2.24) is 0 Å². The number of non-ortho nitro benzene ring substituents is 1. The molecule has 6 heteroatoms. The van der Waals surface area contributed by atoms with Crippen LogP contribution < -0.4 is 0 Å². The van der Waals surface area contributed by atoms with Gasteiger partial charge in [0.15, 0.2) is 0 Å². The van der Waals surface area contributed by atoms with Crippen LogP contribution in [0.15, 0.2) is 18.2 Å². The first-order valence-corrected chi connectivity index (χ1v) is 4.55. The van der Waals surface area contributed by atoms with E-state index in [1.165, 1.54) is 6.07 Å². The van der Waals surface area contributed by atoms with Gasteiger partial charge in [0.25, 0.3) is 12.1 Å². The highest BCUT2D eigenvalue weighted by atomic mass is 19.3. The molecule has 0 amide bonds. The molecule has 0 saturated heterocycles. The number of aldehydes is 1. The average molecular weight is 229 g/mol. The molecule has 0 aliphatic heterocycles. The van der Waals surface area contributed by atoms with Crippen molar-refractivity contribution in [1.29, 1.82) is 0 Å². The summed E-state index contributed by atoms with van der Waals surface area (Å²) in [7, 11) is 0. The molecule has 4 nitrogen and oxygen atoms in total. The molecule has 86 valence electrons. The fraction of sp³-hybridized carbons (Fsp3) is 0.300. The minimum absolute atomic E-state index is 0.123. The molecule has 0 fully saturated rings. The van der Waals surface area contributed by atoms with E-state index < -0.39 is 11.3 Å². The summed E-state index contributed by atoms with van der Waals surface area (Å²) in [6.07, 6.45) is -1.86. The van der Waals surface area contributed by atoms with Crippen LogP contribution in [-0.2, 0) is 11.2 Å². The number of nitrogens with zero attached hydrogens (tertiary/aromatic N) is 1. The molecular formula is C10H9F2NO3. The third-order valence-electron chi connectivity index (χ3n) is 2.11. The minimum Gasteiger partial charge on any atom is -0.303 e. The fourth-order valence-electron chi connectivity index (χ4n) is 1.34. The number of nitro benzene ring substituents is 1. The summed E-state index contributed by atoms with van der Waals surface area (Å²) < 4.78 is 25.2. The van der Waals surface area contributed by atoms with Gasteiger partial charge >= 0.3 is 0 Å². The number of rotatable bonds is 5. The molecule has 0 atom stereocenters. The summed E-state index contributed by atoms with van der Waals surface area (Å²) in [5.74, 6) is 0. The van der Waals surface area contributed by atoms with Crippen molar-refractivity contribution in [2.75, 3.05) is 0 Å². The number of hydrogen-bond donors (Lipinski definition) is 0. The second kappa shape index (κ2) is 5.29. The van der Waals surface area contributed by atoms with Crippen molar-refractivity contribution in [2.24, 2.45) is 0 Å². The number of benzene rings is 1. The van der Waals surface area contributed by atoms with Gasteiger partial charge in [0, 0.05) is 24.1 Å². The van der Waals surface area contributed by atoms with E-state index in [0.717, 1.165) is 12.1 Å². The van der Waals surface area contributed by atoms with Gasteiger partial charge in [-0.15, -0.1) is 0 Å². The van der Waals surface area contributed by atoms with Crippen molar-refractivity contribution in [3.05, 3.63) is 39.4 Å². The van der Waals surface area contributed by atoms with E-state index in [2.05, 4.69) is 0 Å². The monoisotopic (exact) mass is 229 g/mol. The number of carbonyl (C=O) groups excluding carboxylic acids is 1. The largest absolute Gasteiger partial charge is 0.303 e. The number of halogens is 2. The first-order valence-electron chi connectivity index (χ1n) is 4.55. The van der Waals surface area contributed by atoms with Crippen LogP contribution in [0, 0.1) is 10.1 Å². The van der Waals surface area contributed by atoms with Gasteiger partial charge in [-0.05, 0) is 12.0 Å². The van der Waals surface area contributed by atoms with Crippen LogP contribution in [0.4, 0.5) is 14.5 Å². The van der Waals surface area contributed by atoms with Gasteiger partial charge in [-0.25, -0.2) is 8.78 Å². The molecule has 1 aromatic carbocycles. The lowest BCUT2D eigenvalue weighted by Crippen LogP contribution is -1.98. The molecule has 0 bridgehead atoms. The van der Waals surface area contributed by atoms with Gasteiger partial charge in [0.1, 0.15) is 6.29 Å². The summed E-state index contributed by atoms with van der Waals surface area (Å²) >= 11 is 0. The van der Waals surface area contributed by atoms with E-state index in [0.29, 0.717) is 6.29 Å². The van der Waals surface area contributed by atoms with Crippen LogP contribution in [0.3, 0.4) is 0 Å². The molecule has 1 aromatic rings. The van der Waals surface area contributed by atoms with E-state index in [9.17, 15) is 23.7 Å². The van der Waals surface area contributed by atoms with Crippen molar-refractivity contribution < 1.29 is 18.5 Å². The lowest BCUT2D eigenvalue weighted by atomic mass is 10.0. The predicted molar refractivity (Wildman–Crippen MR) is 52.4 cm³/mol. The molecule has 16 heavy (non-hydrogen) atoms. The molecule has 0 aromatic heterocycles. The van der Waals surface area contributed by atoms with Crippen molar-refractivity contribution >= 4 is 12.0 Å². The number of aryl methyl sites for hydroxylation is 1. The van der Waals surface area contributed by atoms with Crippen molar-refractivity contribution in [3.8, 4) is 0 Å². The Kier molecular flexibility index (Phi) is 4.04. The van der Waals surface area contributed by atoms with Crippen molar-refractivity contribution in [2.45, 2.75) is 19.3 Å². The Labute approximate surface area is 90.0 Å². The van der Waals surface area contributed by atoms with Gasteiger partial charge < -0.3 is 4.79 Å². The summed E-state index contributed by atoms with van der Waals surface area (Å²) in [6, 6.07) is 3.28. The third kappa shape index (κ3) is 2.82. The lowest BCUT2D eigenvalue weighted by Gasteiger charge is -2.06. The zero-order valence-electron chi connectivity index (χ0n) is 8.23. The standard InChI is InChI=1S/C10H9F2NO3/c11-10(12)9-6-8(13(15)16)4-3-7(9)2-1-5-14/h3-6,10H,1-2H2. The molecule has 0 saturated carbocycles. The smallest absolute Gasteiger partial charge is 0.269 e. The number of carbonyl (C=O) groups is 1. The highest BCUT2D eigenvalue weighted by Crippen LogP contribution is 2.27. The van der Waals surface area contributed by atoms with Crippen LogP contribution in [0.1, 0.15) is 24.0 Å². The summed E-state index contributed by atoms with van der Waals surface area (Å²) in [4.78, 5) is 19.8. The fourth-order valence-corrected chi connectivity index (χ4v) is 1.34. The van der Waals surface area contributed by atoms with E-state index in [1.54, 1.807) is 0 Å².